The zero-order valence-corrected chi connectivity index (χ0v) is 9.46. The maximum absolute atomic E-state index is 12.3. The summed E-state index contributed by atoms with van der Waals surface area (Å²) in [6.45, 7) is -1.40. The van der Waals surface area contributed by atoms with Crippen LogP contribution in [0.4, 0.5) is 13.2 Å². The van der Waals surface area contributed by atoms with Crippen molar-refractivity contribution in [3.05, 3.63) is 0 Å². The Bertz CT molecular complexity index is 252. The number of nitrogens with one attached hydrogen (secondary N) is 1. The minimum atomic E-state index is -4.43. The highest BCUT2D eigenvalue weighted by atomic mass is 19.4. The average Bonchev–Trinajstić information content (AvgIpc) is 2.27. The van der Waals surface area contributed by atoms with Crippen LogP contribution in [-0.4, -0.2) is 54.4 Å². The van der Waals surface area contributed by atoms with E-state index in [9.17, 15) is 18.0 Å². The predicted octanol–water partition coefficient (Wildman–Crippen LogP) is 0.512. The van der Waals surface area contributed by atoms with Crippen molar-refractivity contribution in [3.8, 4) is 0 Å². The molecule has 0 aliphatic carbocycles. The average molecular weight is 254 g/mol. The Morgan fingerprint density at radius 1 is 1.41 bits per heavy atom. The third-order valence-electron chi connectivity index (χ3n) is 2.66. The van der Waals surface area contributed by atoms with Gasteiger partial charge in [0.05, 0.1) is 12.6 Å². The van der Waals surface area contributed by atoms with Gasteiger partial charge in [-0.1, -0.05) is 6.42 Å². The van der Waals surface area contributed by atoms with Gasteiger partial charge < -0.3 is 15.3 Å². The van der Waals surface area contributed by atoms with E-state index in [-0.39, 0.29) is 6.54 Å². The minimum absolute atomic E-state index is 0.281. The molecule has 0 unspecified atom stereocenters. The molecule has 17 heavy (non-hydrogen) atoms. The number of alkyl halides is 3. The van der Waals surface area contributed by atoms with Gasteiger partial charge in [-0.3, -0.25) is 4.79 Å². The van der Waals surface area contributed by atoms with Gasteiger partial charge in [-0.2, -0.15) is 13.2 Å². The lowest BCUT2D eigenvalue weighted by molar-refractivity contribution is -0.163. The van der Waals surface area contributed by atoms with Gasteiger partial charge in [-0.25, -0.2) is 0 Å². The summed E-state index contributed by atoms with van der Waals surface area (Å²) in [5.41, 5.74) is 0. The Hall–Kier alpha value is -0.820. The molecule has 1 heterocycles. The molecule has 0 aromatic carbocycles. The Labute approximate surface area is 97.8 Å². The van der Waals surface area contributed by atoms with E-state index in [1.165, 1.54) is 0 Å². The predicted molar refractivity (Wildman–Crippen MR) is 55.4 cm³/mol. The van der Waals surface area contributed by atoms with Gasteiger partial charge in [0.1, 0.15) is 6.54 Å². The number of rotatable bonds is 4. The second kappa shape index (κ2) is 6.20. The third kappa shape index (κ3) is 4.91. The van der Waals surface area contributed by atoms with Crippen molar-refractivity contribution >= 4 is 5.91 Å². The molecule has 7 heteroatoms. The van der Waals surface area contributed by atoms with Crippen LogP contribution in [0.1, 0.15) is 19.3 Å². The molecule has 1 fully saturated rings. The molecule has 0 saturated carbocycles. The van der Waals surface area contributed by atoms with E-state index in [1.54, 1.807) is 0 Å². The van der Waals surface area contributed by atoms with Gasteiger partial charge >= 0.3 is 6.18 Å². The molecule has 1 amide bonds. The van der Waals surface area contributed by atoms with Crippen LogP contribution in [0.2, 0.25) is 0 Å². The lowest BCUT2D eigenvalue weighted by Gasteiger charge is -2.30. The summed E-state index contributed by atoms with van der Waals surface area (Å²) in [5, 5.41) is 11.6. The van der Waals surface area contributed by atoms with Gasteiger partial charge in [0, 0.05) is 6.54 Å². The number of aliphatic hydroxyl groups excluding tert-OH is 1. The summed E-state index contributed by atoms with van der Waals surface area (Å²) >= 11 is 0. The van der Waals surface area contributed by atoms with Gasteiger partial charge in [-0.05, 0) is 19.4 Å². The highest BCUT2D eigenvalue weighted by molar-refractivity contribution is 5.82. The first-order valence-electron chi connectivity index (χ1n) is 5.64. The van der Waals surface area contributed by atoms with E-state index in [0.29, 0.717) is 17.9 Å². The number of hydrogen-bond acceptors (Lipinski definition) is 3. The number of piperidine rings is 1. The van der Waals surface area contributed by atoms with Crippen LogP contribution in [0.3, 0.4) is 0 Å². The maximum Gasteiger partial charge on any atom is 0.406 e. The monoisotopic (exact) mass is 254 g/mol. The van der Waals surface area contributed by atoms with Crippen molar-refractivity contribution < 1.29 is 23.1 Å². The van der Waals surface area contributed by atoms with Gasteiger partial charge in [0.25, 0.3) is 0 Å². The van der Waals surface area contributed by atoms with Gasteiger partial charge in [-0.15, -0.1) is 0 Å². The van der Waals surface area contributed by atoms with E-state index in [2.05, 4.69) is 5.32 Å². The smallest absolute Gasteiger partial charge is 0.395 e. The van der Waals surface area contributed by atoms with Crippen LogP contribution in [0.15, 0.2) is 0 Å². The Balaban J connectivity index is 2.58. The van der Waals surface area contributed by atoms with Crippen LogP contribution in [0.5, 0.6) is 0 Å². The summed E-state index contributed by atoms with van der Waals surface area (Å²) in [7, 11) is 0. The summed E-state index contributed by atoms with van der Waals surface area (Å²) < 4.78 is 36.8. The largest absolute Gasteiger partial charge is 0.406 e. The van der Waals surface area contributed by atoms with E-state index in [4.69, 9.17) is 5.11 Å². The summed E-state index contributed by atoms with van der Waals surface area (Å²) in [4.78, 5) is 12.5. The lowest BCUT2D eigenvalue weighted by atomic mass is 10.0. The number of nitrogens with zero attached hydrogens (tertiary/aromatic N) is 1. The summed E-state index contributed by atoms with van der Waals surface area (Å²) in [6.07, 6.45) is -2.11. The van der Waals surface area contributed by atoms with E-state index < -0.39 is 31.3 Å². The van der Waals surface area contributed by atoms with Crippen LogP contribution in [0, 0.1) is 0 Å². The number of carbonyl (C=O) groups excluding carboxylic acids is 1. The highest BCUT2D eigenvalue weighted by Crippen LogP contribution is 2.18. The molecule has 1 saturated heterocycles. The standard InChI is InChI=1S/C10H17F3N2O2/c11-10(12,13)7-15(5-6-16)9(17)8-3-1-2-4-14-8/h8,14,16H,1-7H2/t8-/m0/s1. The molecule has 4 nitrogen and oxygen atoms in total. The van der Waals surface area contributed by atoms with Crippen molar-refractivity contribution in [2.45, 2.75) is 31.5 Å². The Morgan fingerprint density at radius 2 is 2.12 bits per heavy atom. The van der Waals surface area contributed by atoms with Crippen molar-refractivity contribution in [2.75, 3.05) is 26.2 Å². The maximum atomic E-state index is 12.3. The minimum Gasteiger partial charge on any atom is -0.395 e. The summed E-state index contributed by atoms with van der Waals surface area (Å²) in [5.74, 6) is -0.573. The topological polar surface area (TPSA) is 52.6 Å². The number of carbonyl (C=O) groups is 1. The molecule has 0 spiro atoms. The molecule has 1 aliphatic heterocycles. The molecule has 2 N–H and O–H groups in total. The van der Waals surface area contributed by atoms with E-state index in [0.717, 1.165) is 12.8 Å². The number of hydrogen-bond donors (Lipinski definition) is 2. The van der Waals surface area contributed by atoms with E-state index in [1.807, 2.05) is 0 Å². The molecular weight excluding hydrogens is 237 g/mol. The molecule has 1 rings (SSSR count). The number of amides is 1. The highest BCUT2D eigenvalue weighted by Gasteiger charge is 2.35. The van der Waals surface area contributed by atoms with E-state index >= 15 is 0 Å². The molecule has 0 bridgehead atoms. The van der Waals surface area contributed by atoms with Crippen molar-refractivity contribution in [1.82, 2.24) is 10.2 Å². The van der Waals surface area contributed by atoms with Crippen LogP contribution in [0.25, 0.3) is 0 Å². The summed E-state index contributed by atoms with van der Waals surface area (Å²) in [6, 6.07) is -0.544. The van der Waals surface area contributed by atoms with Crippen molar-refractivity contribution in [3.63, 3.8) is 0 Å². The Morgan fingerprint density at radius 3 is 2.59 bits per heavy atom. The molecule has 100 valence electrons. The van der Waals surface area contributed by atoms with Crippen molar-refractivity contribution in [1.29, 1.82) is 0 Å². The third-order valence-corrected chi connectivity index (χ3v) is 2.66. The molecule has 0 aromatic rings. The zero-order chi connectivity index (χ0) is 12.9. The van der Waals surface area contributed by atoms with Crippen LogP contribution < -0.4 is 5.32 Å². The quantitative estimate of drug-likeness (QED) is 0.768. The molecular formula is C10H17F3N2O2. The zero-order valence-electron chi connectivity index (χ0n) is 9.46. The molecule has 1 atom stereocenters. The van der Waals surface area contributed by atoms with Crippen LogP contribution >= 0.6 is 0 Å². The van der Waals surface area contributed by atoms with Crippen LogP contribution in [-0.2, 0) is 4.79 Å². The fraction of sp³-hybridized carbons (Fsp3) is 0.900. The van der Waals surface area contributed by atoms with Crippen molar-refractivity contribution in [2.24, 2.45) is 0 Å². The second-order valence-corrected chi connectivity index (χ2v) is 4.10. The first-order valence-corrected chi connectivity index (χ1v) is 5.64. The molecule has 0 aromatic heterocycles. The Kier molecular flexibility index (Phi) is 5.20. The molecule has 0 radical (unpaired) electrons. The van der Waals surface area contributed by atoms with Gasteiger partial charge in [0.15, 0.2) is 0 Å². The second-order valence-electron chi connectivity index (χ2n) is 4.10. The SMILES string of the molecule is O=C([C@@H]1CCCCN1)N(CCO)CC(F)(F)F. The van der Waals surface area contributed by atoms with Gasteiger partial charge in [0.2, 0.25) is 5.91 Å². The fourth-order valence-electron chi connectivity index (χ4n) is 1.89. The number of aliphatic hydroxyl groups is 1. The fourth-order valence-corrected chi connectivity index (χ4v) is 1.89. The first kappa shape index (κ1) is 14.2. The normalized spacial score (nSPS) is 21.3. The number of halogens is 3. The first-order chi connectivity index (χ1) is 7.94. The molecule has 1 aliphatic rings. The lowest BCUT2D eigenvalue weighted by Crippen LogP contribution is -2.51.